The van der Waals surface area contributed by atoms with Crippen LogP contribution in [0.3, 0.4) is 0 Å². The Morgan fingerprint density at radius 3 is 2.75 bits per heavy atom. The normalized spacial score (nSPS) is 33.9. The maximum atomic E-state index is 11.2. The summed E-state index contributed by atoms with van der Waals surface area (Å²) in [6.07, 6.45) is 2.31. The lowest BCUT2D eigenvalue weighted by atomic mass is 9.87. The van der Waals surface area contributed by atoms with E-state index in [0.717, 1.165) is 26.1 Å². The second-order valence-electron chi connectivity index (χ2n) is 3.73. The van der Waals surface area contributed by atoms with Crippen molar-refractivity contribution in [2.24, 2.45) is 5.73 Å². The molecule has 2 rings (SSSR count). The number of hydrogen-bond donors (Lipinski definition) is 2. The highest BCUT2D eigenvalue weighted by molar-refractivity contribution is 5.78. The van der Waals surface area contributed by atoms with Crippen molar-refractivity contribution in [3.05, 3.63) is 0 Å². The van der Waals surface area contributed by atoms with Gasteiger partial charge in [-0.2, -0.15) is 0 Å². The van der Waals surface area contributed by atoms with E-state index >= 15 is 0 Å². The third-order valence-corrected chi connectivity index (χ3v) is 2.98. The molecule has 0 aromatic heterocycles. The van der Waals surface area contributed by atoms with Crippen LogP contribution in [0.25, 0.3) is 0 Å². The van der Waals surface area contributed by atoms with Gasteiger partial charge in [0.15, 0.2) is 0 Å². The van der Waals surface area contributed by atoms with E-state index in [0.29, 0.717) is 0 Å². The number of hydrogen-bond acceptors (Lipinski definition) is 3. The second kappa shape index (κ2) is 2.71. The summed E-state index contributed by atoms with van der Waals surface area (Å²) >= 11 is 0. The minimum Gasteiger partial charge on any atom is -0.340 e. The predicted molar refractivity (Wildman–Crippen MR) is 45.6 cm³/mol. The third kappa shape index (κ3) is 1.11. The first-order chi connectivity index (χ1) is 5.76. The molecular formula is C8H15N3O. The van der Waals surface area contributed by atoms with Crippen LogP contribution in [-0.4, -0.2) is 42.5 Å². The summed E-state index contributed by atoms with van der Waals surface area (Å²) in [7, 11) is 0. The van der Waals surface area contributed by atoms with Crippen molar-refractivity contribution in [3.8, 4) is 0 Å². The molecule has 4 nitrogen and oxygen atoms in total. The first kappa shape index (κ1) is 8.01. The molecule has 1 amide bonds. The van der Waals surface area contributed by atoms with Gasteiger partial charge in [-0.3, -0.25) is 4.79 Å². The summed E-state index contributed by atoms with van der Waals surface area (Å²) in [5.74, 6) is 0.0839. The SMILES string of the molecule is NCC(=O)N1CC[C@@]2(CCN2)C1. The van der Waals surface area contributed by atoms with Gasteiger partial charge in [0.1, 0.15) is 0 Å². The van der Waals surface area contributed by atoms with Crippen LogP contribution in [-0.2, 0) is 4.79 Å². The Morgan fingerprint density at radius 1 is 1.58 bits per heavy atom. The lowest BCUT2D eigenvalue weighted by molar-refractivity contribution is -0.129. The molecule has 2 aliphatic rings. The number of carbonyl (C=O) groups is 1. The lowest BCUT2D eigenvalue weighted by Crippen LogP contribution is -2.58. The van der Waals surface area contributed by atoms with Crippen molar-refractivity contribution in [3.63, 3.8) is 0 Å². The largest absolute Gasteiger partial charge is 0.340 e. The molecule has 2 aliphatic heterocycles. The zero-order valence-corrected chi connectivity index (χ0v) is 7.18. The Morgan fingerprint density at radius 2 is 2.33 bits per heavy atom. The van der Waals surface area contributed by atoms with Gasteiger partial charge in [-0.25, -0.2) is 0 Å². The molecule has 0 aliphatic carbocycles. The average Bonchev–Trinajstić information content (AvgIpc) is 2.46. The quantitative estimate of drug-likeness (QED) is 0.524. The van der Waals surface area contributed by atoms with Gasteiger partial charge in [-0.05, 0) is 19.4 Å². The number of nitrogens with zero attached hydrogens (tertiary/aromatic N) is 1. The number of amides is 1. The zero-order chi connectivity index (χ0) is 8.60. The van der Waals surface area contributed by atoms with Gasteiger partial charge in [0, 0.05) is 18.6 Å². The smallest absolute Gasteiger partial charge is 0.236 e. The van der Waals surface area contributed by atoms with Crippen LogP contribution >= 0.6 is 0 Å². The second-order valence-corrected chi connectivity index (χ2v) is 3.73. The predicted octanol–water partition coefficient (Wildman–Crippen LogP) is -1.09. The van der Waals surface area contributed by atoms with Crippen LogP contribution in [0.5, 0.6) is 0 Å². The summed E-state index contributed by atoms with van der Waals surface area (Å²) in [6.45, 7) is 2.99. The molecule has 0 aromatic carbocycles. The molecule has 2 fully saturated rings. The zero-order valence-electron chi connectivity index (χ0n) is 7.18. The van der Waals surface area contributed by atoms with Gasteiger partial charge < -0.3 is 16.0 Å². The van der Waals surface area contributed by atoms with Crippen LogP contribution in [0.15, 0.2) is 0 Å². The standard InChI is InChI=1S/C8H15N3O/c9-5-7(12)11-4-2-8(6-11)1-3-10-8/h10H,1-6,9H2/t8-/m0/s1. The van der Waals surface area contributed by atoms with E-state index in [4.69, 9.17) is 5.73 Å². The van der Waals surface area contributed by atoms with Crippen LogP contribution in [0.1, 0.15) is 12.8 Å². The van der Waals surface area contributed by atoms with Gasteiger partial charge in [0.25, 0.3) is 0 Å². The van der Waals surface area contributed by atoms with Crippen molar-refractivity contribution >= 4 is 5.91 Å². The van der Waals surface area contributed by atoms with E-state index in [2.05, 4.69) is 5.32 Å². The van der Waals surface area contributed by atoms with Gasteiger partial charge in [-0.15, -0.1) is 0 Å². The van der Waals surface area contributed by atoms with E-state index < -0.39 is 0 Å². The lowest BCUT2D eigenvalue weighted by Gasteiger charge is -2.39. The summed E-state index contributed by atoms with van der Waals surface area (Å²) in [6, 6.07) is 0. The van der Waals surface area contributed by atoms with E-state index in [1.54, 1.807) is 0 Å². The number of nitrogens with two attached hydrogens (primary N) is 1. The minimum atomic E-state index is 0.0839. The molecule has 3 N–H and O–H groups in total. The Kier molecular flexibility index (Phi) is 1.81. The molecule has 0 saturated carbocycles. The van der Waals surface area contributed by atoms with E-state index in [1.807, 2.05) is 4.90 Å². The van der Waals surface area contributed by atoms with E-state index in [9.17, 15) is 4.79 Å². The highest BCUT2D eigenvalue weighted by Crippen LogP contribution is 2.29. The van der Waals surface area contributed by atoms with Crippen LogP contribution < -0.4 is 11.1 Å². The fraction of sp³-hybridized carbons (Fsp3) is 0.875. The first-order valence-corrected chi connectivity index (χ1v) is 4.49. The fourth-order valence-corrected chi connectivity index (χ4v) is 2.04. The highest BCUT2D eigenvalue weighted by Gasteiger charge is 2.43. The highest BCUT2D eigenvalue weighted by atomic mass is 16.2. The van der Waals surface area contributed by atoms with Gasteiger partial charge >= 0.3 is 0 Å². The van der Waals surface area contributed by atoms with E-state index in [1.165, 1.54) is 6.42 Å². The fourth-order valence-electron chi connectivity index (χ4n) is 2.04. The number of likely N-dealkylation sites (tertiary alicyclic amines) is 1. The average molecular weight is 169 g/mol. The van der Waals surface area contributed by atoms with Crippen molar-refractivity contribution < 1.29 is 4.79 Å². The van der Waals surface area contributed by atoms with Crippen molar-refractivity contribution in [2.75, 3.05) is 26.2 Å². The third-order valence-electron chi connectivity index (χ3n) is 2.98. The molecule has 1 atom stereocenters. The maximum absolute atomic E-state index is 11.2. The molecule has 2 saturated heterocycles. The summed E-state index contributed by atoms with van der Waals surface area (Å²) in [5, 5.41) is 3.40. The molecule has 0 aromatic rings. The summed E-state index contributed by atoms with van der Waals surface area (Å²) in [4.78, 5) is 13.1. The molecule has 0 bridgehead atoms. The Labute approximate surface area is 72.1 Å². The molecule has 0 unspecified atom stereocenters. The molecule has 12 heavy (non-hydrogen) atoms. The molecule has 0 radical (unpaired) electrons. The summed E-state index contributed by atoms with van der Waals surface area (Å²) in [5.41, 5.74) is 5.56. The first-order valence-electron chi connectivity index (χ1n) is 4.49. The topological polar surface area (TPSA) is 58.4 Å². The number of rotatable bonds is 1. The van der Waals surface area contributed by atoms with E-state index in [-0.39, 0.29) is 18.0 Å². The van der Waals surface area contributed by atoms with Crippen molar-refractivity contribution in [2.45, 2.75) is 18.4 Å². The van der Waals surface area contributed by atoms with Crippen LogP contribution in [0.2, 0.25) is 0 Å². The maximum Gasteiger partial charge on any atom is 0.236 e. The Bertz CT molecular complexity index is 200. The monoisotopic (exact) mass is 169 g/mol. The van der Waals surface area contributed by atoms with Crippen LogP contribution in [0.4, 0.5) is 0 Å². The number of carbonyl (C=O) groups excluding carboxylic acids is 1. The molecule has 1 spiro atoms. The van der Waals surface area contributed by atoms with Crippen molar-refractivity contribution in [1.29, 1.82) is 0 Å². The molecule has 68 valence electrons. The Balaban J connectivity index is 1.93. The van der Waals surface area contributed by atoms with Gasteiger partial charge in [0.2, 0.25) is 5.91 Å². The van der Waals surface area contributed by atoms with Gasteiger partial charge in [0.05, 0.1) is 6.54 Å². The summed E-state index contributed by atoms with van der Waals surface area (Å²) < 4.78 is 0. The van der Waals surface area contributed by atoms with Crippen LogP contribution in [0, 0.1) is 0 Å². The van der Waals surface area contributed by atoms with Gasteiger partial charge in [-0.1, -0.05) is 0 Å². The van der Waals surface area contributed by atoms with Crippen molar-refractivity contribution in [1.82, 2.24) is 10.2 Å². The minimum absolute atomic E-state index is 0.0839. The number of nitrogens with one attached hydrogen (secondary N) is 1. The molecule has 4 heteroatoms. The Hall–Kier alpha value is -0.610. The molecule has 2 heterocycles. The molecular weight excluding hydrogens is 154 g/mol.